The van der Waals surface area contributed by atoms with Crippen LogP contribution in [-0.2, 0) is 22.6 Å². The molecular weight excluding hydrogens is 342 g/mol. The number of nitrogens with one attached hydrogen (secondary N) is 1. The van der Waals surface area contributed by atoms with E-state index in [1.54, 1.807) is 24.4 Å². The molecule has 2 amide bonds. The van der Waals surface area contributed by atoms with Gasteiger partial charge in [-0.15, -0.1) is 0 Å². The number of pyridine rings is 1. The van der Waals surface area contributed by atoms with E-state index in [0.29, 0.717) is 19.6 Å². The molecule has 0 radical (unpaired) electrons. The van der Waals surface area contributed by atoms with Crippen molar-refractivity contribution >= 4 is 11.8 Å². The van der Waals surface area contributed by atoms with Gasteiger partial charge in [-0.25, -0.2) is 0 Å². The maximum absolute atomic E-state index is 12.4. The van der Waals surface area contributed by atoms with Crippen LogP contribution < -0.4 is 10.1 Å². The first-order chi connectivity index (χ1) is 13.2. The number of methoxy groups -OCH3 is 1. The lowest BCUT2D eigenvalue weighted by Crippen LogP contribution is -2.33. The van der Waals surface area contributed by atoms with E-state index in [1.807, 2.05) is 36.4 Å². The average Bonchev–Trinajstić information content (AvgIpc) is 3.07. The van der Waals surface area contributed by atoms with Crippen molar-refractivity contribution in [2.24, 2.45) is 5.92 Å². The molecule has 1 fully saturated rings. The average molecular weight is 367 g/mol. The maximum atomic E-state index is 12.4. The monoisotopic (exact) mass is 367 g/mol. The zero-order valence-corrected chi connectivity index (χ0v) is 15.6. The van der Waals surface area contributed by atoms with Gasteiger partial charge in [-0.2, -0.15) is 0 Å². The van der Waals surface area contributed by atoms with Crippen LogP contribution in [0.25, 0.3) is 0 Å². The zero-order valence-electron chi connectivity index (χ0n) is 15.6. The van der Waals surface area contributed by atoms with Crippen LogP contribution in [0.3, 0.4) is 0 Å². The quantitative estimate of drug-likeness (QED) is 0.726. The molecule has 6 heteroatoms. The van der Waals surface area contributed by atoms with E-state index in [2.05, 4.69) is 10.3 Å². The van der Waals surface area contributed by atoms with E-state index in [-0.39, 0.29) is 24.2 Å². The van der Waals surface area contributed by atoms with Crippen LogP contribution in [0.5, 0.6) is 5.75 Å². The van der Waals surface area contributed by atoms with Gasteiger partial charge >= 0.3 is 0 Å². The third-order valence-corrected chi connectivity index (χ3v) is 4.78. The first-order valence-corrected chi connectivity index (χ1v) is 9.23. The van der Waals surface area contributed by atoms with Crippen molar-refractivity contribution in [2.75, 3.05) is 20.2 Å². The number of amides is 2. The Morgan fingerprint density at radius 2 is 2.07 bits per heavy atom. The first-order valence-electron chi connectivity index (χ1n) is 9.23. The van der Waals surface area contributed by atoms with E-state index in [1.165, 1.54) is 5.56 Å². The van der Waals surface area contributed by atoms with Crippen molar-refractivity contribution in [2.45, 2.75) is 25.8 Å². The van der Waals surface area contributed by atoms with Gasteiger partial charge < -0.3 is 15.0 Å². The number of rotatable bonds is 8. The number of ether oxygens (including phenoxy) is 1. The molecule has 3 rings (SSSR count). The largest absolute Gasteiger partial charge is 0.497 e. The predicted molar refractivity (Wildman–Crippen MR) is 102 cm³/mol. The molecular formula is C21H25N3O3. The van der Waals surface area contributed by atoms with Gasteiger partial charge in [0.1, 0.15) is 5.75 Å². The molecule has 1 aliphatic rings. The Morgan fingerprint density at radius 1 is 1.26 bits per heavy atom. The fourth-order valence-corrected chi connectivity index (χ4v) is 3.25. The predicted octanol–water partition coefficient (Wildman–Crippen LogP) is 2.19. The summed E-state index contributed by atoms with van der Waals surface area (Å²) in [6.07, 6.45) is 5.49. The van der Waals surface area contributed by atoms with Crippen LogP contribution >= 0.6 is 0 Å². The molecule has 0 unspecified atom stereocenters. The second-order valence-corrected chi connectivity index (χ2v) is 6.78. The van der Waals surface area contributed by atoms with E-state index in [4.69, 9.17) is 4.74 Å². The van der Waals surface area contributed by atoms with Crippen LogP contribution in [0.2, 0.25) is 0 Å². The zero-order chi connectivity index (χ0) is 19.1. The number of nitrogens with zero attached hydrogens (tertiary/aromatic N) is 2. The van der Waals surface area contributed by atoms with Gasteiger partial charge in [0.2, 0.25) is 11.8 Å². The fourth-order valence-electron chi connectivity index (χ4n) is 3.25. The van der Waals surface area contributed by atoms with Crippen LogP contribution in [0.1, 0.15) is 24.0 Å². The molecule has 1 saturated heterocycles. The van der Waals surface area contributed by atoms with Crippen molar-refractivity contribution < 1.29 is 14.3 Å². The summed E-state index contributed by atoms with van der Waals surface area (Å²) in [4.78, 5) is 30.3. The second kappa shape index (κ2) is 9.16. The molecule has 0 bridgehead atoms. The summed E-state index contributed by atoms with van der Waals surface area (Å²) in [5.74, 6) is 0.563. The van der Waals surface area contributed by atoms with E-state index < -0.39 is 0 Å². The Morgan fingerprint density at radius 3 is 2.78 bits per heavy atom. The Kier molecular flexibility index (Phi) is 6.41. The van der Waals surface area contributed by atoms with Gasteiger partial charge in [0, 0.05) is 38.4 Å². The number of hydrogen-bond donors (Lipinski definition) is 1. The second-order valence-electron chi connectivity index (χ2n) is 6.78. The summed E-state index contributed by atoms with van der Waals surface area (Å²) in [6.45, 7) is 1.59. The van der Waals surface area contributed by atoms with Crippen LogP contribution in [0.15, 0.2) is 48.8 Å². The molecule has 0 spiro atoms. The molecule has 0 aliphatic carbocycles. The molecule has 1 aromatic heterocycles. The highest BCUT2D eigenvalue weighted by Gasteiger charge is 2.33. The van der Waals surface area contributed by atoms with Gasteiger partial charge in [-0.05, 0) is 42.2 Å². The standard InChI is InChI=1S/C21H25N3O3/c1-27-19-8-6-16(7-9-19)4-3-11-23-21(26)18-12-20(25)24(15-18)14-17-5-2-10-22-13-17/h2,5-10,13,18H,3-4,11-12,14-15H2,1H3,(H,23,26)/t18-/m1/s1. The number of aryl methyl sites for hydroxylation is 1. The Bertz CT molecular complexity index is 762. The lowest BCUT2D eigenvalue weighted by Gasteiger charge is -2.16. The number of carbonyl (C=O) groups is 2. The highest BCUT2D eigenvalue weighted by Crippen LogP contribution is 2.20. The Hall–Kier alpha value is -2.89. The van der Waals surface area contributed by atoms with Gasteiger partial charge in [0.05, 0.1) is 13.0 Å². The number of likely N-dealkylation sites (tertiary alicyclic amines) is 1. The lowest BCUT2D eigenvalue weighted by molar-refractivity contribution is -0.129. The van der Waals surface area contributed by atoms with Crippen molar-refractivity contribution in [3.63, 3.8) is 0 Å². The minimum absolute atomic E-state index is 0.0252. The third-order valence-electron chi connectivity index (χ3n) is 4.78. The molecule has 2 aromatic rings. The Labute approximate surface area is 159 Å². The molecule has 1 atom stereocenters. The fraction of sp³-hybridized carbons (Fsp3) is 0.381. The molecule has 142 valence electrons. The molecule has 27 heavy (non-hydrogen) atoms. The molecule has 0 saturated carbocycles. The minimum atomic E-state index is -0.268. The van der Waals surface area contributed by atoms with E-state index >= 15 is 0 Å². The van der Waals surface area contributed by atoms with Crippen molar-refractivity contribution in [3.05, 3.63) is 59.9 Å². The smallest absolute Gasteiger partial charge is 0.225 e. The molecule has 2 heterocycles. The number of hydrogen-bond acceptors (Lipinski definition) is 4. The van der Waals surface area contributed by atoms with E-state index in [0.717, 1.165) is 24.2 Å². The summed E-state index contributed by atoms with van der Waals surface area (Å²) >= 11 is 0. The highest BCUT2D eigenvalue weighted by atomic mass is 16.5. The SMILES string of the molecule is COc1ccc(CCCNC(=O)[C@@H]2CC(=O)N(Cc3cccnc3)C2)cc1. The van der Waals surface area contributed by atoms with Crippen molar-refractivity contribution in [1.82, 2.24) is 15.2 Å². The normalized spacial score (nSPS) is 16.4. The molecule has 1 N–H and O–H groups in total. The first kappa shape index (κ1) is 18.9. The summed E-state index contributed by atoms with van der Waals surface area (Å²) < 4.78 is 5.15. The van der Waals surface area contributed by atoms with Gasteiger partial charge in [0.25, 0.3) is 0 Å². The summed E-state index contributed by atoms with van der Waals surface area (Å²) in [7, 11) is 1.65. The van der Waals surface area contributed by atoms with Gasteiger partial charge in [0.15, 0.2) is 0 Å². The van der Waals surface area contributed by atoms with Crippen molar-refractivity contribution in [1.29, 1.82) is 0 Å². The summed E-state index contributed by atoms with van der Waals surface area (Å²) in [5, 5.41) is 2.97. The molecule has 1 aromatic carbocycles. The molecule has 1 aliphatic heterocycles. The number of carbonyl (C=O) groups excluding carboxylic acids is 2. The summed E-state index contributed by atoms with van der Waals surface area (Å²) in [5.41, 5.74) is 2.19. The Balaban J connectivity index is 1.40. The van der Waals surface area contributed by atoms with E-state index in [9.17, 15) is 9.59 Å². The maximum Gasteiger partial charge on any atom is 0.225 e. The van der Waals surface area contributed by atoms with Crippen LogP contribution in [0, 0.1) is 5.92 Å². The van der Waals surface area contributed by atoms with Crippen molar-refractivity contribution in [3.8, 4) is 5.75 Å². The minimum Gasteiger partial charge on any atom is -0.497 e. The molecule has 6 nitrogen and oxygen atoms in total. The third kappa shape index (κ3) is 5.29. The number of aromatic nitrogens is 1. The highest BCUT2D eigenvalue weighted by molar-refractivity contribution is 5.89. The van der Waals surface area contributed by atoms with Gasteiger partial charge in [-0.1, -0.05) is 18.2 Å². The topological polar surface area (TPSA) is 71.5 Å². The lowest BCUT2D eigenvalue weighted by atomic mass is 10.1. The van der Waals surface area contributed by atoms with Gasteiger partial charge in [-0.3, -0.25) is 14.6 Å². The van der Waals surface area contributed by atoms with Crippen LogP contribution in [0.4, 0.5) is 0 Å². The summed E-state index contributed by atoms with van der Waals surface area (Å²) in [6, 6.07) is 11.7. The van der Waals surface area contributed by atoms with Crippen LogP contribution in [-0.4, -0.2) is 41.9 Å². The number of benzene rings is 1.